The number of hydrogen-bond donors (Lipinski definition) is 0. The third kappa shape index (κ3) is 2.34. The molecule has 1 unspecified atom stereocenters. The molecule has 1 rings (SSSR count). The van der Waals surface area contributed by atoms with Gasteiger partial charge in [0.1, 0.15) is 0 Å². The summed E-state index contributed by atoms with van der Waals surface area (Å²) in [5, 5.41) is 0. The Morgan fingerprint density at radius 2 is 2.56 bits per heavy atom. The Kier molecular flexibility index (Phi) is 2.50. The average Bonchev–Trinajstić information content (AvgIpc) is 2.15. The van der Waals surface area contributed by atoms with E-state index in [0.29, 0.717) is 3.92 Å². The molecular weight excluding hydrogens is 227 g/mol. The van der Waals surface area contributed by atoms with E-state index in [4.69, 9.17) is 0 Å². The third-order valence-electron chi connectivity index (χ3n) is 1.02. The zero-order chi connectivity index (χ0) is 6.69. The van der Waals surface area contributed by atoms with Gasteiger partial charge in [-0.2, -0.15) is 0 Å². The Hall–Kier alpha value is -0.0600. The van der Waals surface area contributed by atoms with Crippen molar-refractivity contribution >= 4 is 22.6 Å². The minimum atomic E-state index is 0.678. The molecule has 0 N–H and O–H groups in total. The van der Waals surface area contributed by atoms with Crippen LogP contribution < -0.4 is 0 Å². The van der Waals surface area contributed by atoms with Crippen molar-refractivity contribution in [3.05, 3.63) is 18.7 Å². The predicted molar refractivity (Wildman–Crippen MR) is 45.7 cm³/mol. The summed E-state index contributed by atoms with van der Waals surface area (Å²) in [7, 11) is 0. The molecule has 0 amide bonds. The number of alkyl halides is 1. The average molecular weight is 236 g/mol. The van der Waals surface area contributed by atoms with Gasteiger partial charge < -0.3 is 4.57 Å². The lowest BCUT2D eigenvalue weighted by Crippen LogP contribution is -2.02. The molecule has 0 spiro atoms. The first kappa shape index (κ1) is 7.05. The van der Waals surface area contributed by atoms with Gasteiger partial charge in [0.2, 0.25) is 0 Å². The minimum absolute atomic E-state index is 0.678. The fraction of sp³-hybridized carbons (Fsp3) is 0.500. The number of nitrogens with zero attached hydrogens (tertiary/aromatic N) is 2. The molecule has 9 heavy (non-hydrogen) atoms. The summed E-state index contributed by atoms with van der Waals surface area (Å²) in [5.41, 5.74) is 0. The van der Waals surface area contributed by atoms with Crippen molar-refractivity contribution in [1.82, 2.24) is 9.55 Å². The molecule has 1 heterocycles. The second-order valence-corrected chi connectivity index (χ2v) is 4.17. The Bertz CT molecular complexity index is 158. The second-order valence-electron chi connectivity index (χ2n) is 2.04. The molecule has 0 aromatic carbocycles. The maximum Gasteiger partial charge on any atom is 0.0946 e. The SMILES string of the molecule is CC(I)Cn1ccnc1. The van der Waals surface area contributed by atoms with Crippen molar-refractivity contribution in [2.24, 2.45) is 0 Å². The van der Waals surface area contributed by atoms with Crippen LogP contribution in [0.5, 0.6) is 0 Å². The molecule has 0 saturated carbocycles. The minimum Gasteiger partial charge on any atom is -0.336 e. The van der Waals surface area contributed by atoms with Crippen molar-refractivity contribution in [3.8, 4) is 0 Å². The normalized spacial score (nSPS) is 13.6. The predicted octanol–water partition coefficient (Wildman–Crippen LogP) is 1.71. The molecule has 0 aliphatic carbocycles. The van der Waals surface area contributed by atoms with Crippen LogP contribution in [0.4, 0.5) is 0 Å². The van der Waals surface area contributed by atoms with Gasteiger partial charge in [-0.05, 0) is 0 Å². The lowest BCUT2D eigenvalue weighted by atomic mass is 10.5. The molecule has 1 aromatic rings. The Morgan fingerprint density at radius 1 is 1.78 bits per heavy atom. The van der Waals surface area contributed by atoms with Crippen LogP contribution in [0.2, 0.25) is 0 Å². The Labute approximate surface area is 68.4 Å². The van der Waals surface area contributed by atoms with E-state index in [9.17, 15) is 0 Å². The van der Waals surface area contributed by atoms with Crippen LogP contribution in [0, 0.1) is 0 Å². The molecule has 0 saturated heterocycles. The largest absolute Gasteiger partial charge is 0.336 e. The lowest BCUT2D eigenvalue weighted by Gasteiger charge is -2.01. The van der Waals surface area contributed by atoms with Gasteiger partial charge in [0, 0.05) is 22.9 Å². The van der Waals surface area contributed by atoms with Gasteiger partial charge in [0.25, 0.3) is 0 Å². The monoisotopic (exact) mass is 236 g/mol. The number of imidazole rings is 1. The third-order valence-corrected chi connectivity index (χ3v) is 1.42. The molecule has 0 radical (unpaired) electrons. The molecule has 50 valence electrons. The summed E-state index contributed by atoms with van der Waals surface area (Å²) in [6.45, 7) is 3.24. The first-order valence-electron chi connectivity index (χ1n) is 2.89. The van der Waals surface area contributed by atoms with Crippen molar-refractivity contribution in [2.45, 2.75) is 17.4 Å². The number of aromatic nitrogens is 2. The van der Waals surface area contributed by atoms with Gasteiger partial charge in [-0.3, -0.25) is 0 Å². The molecule has 0 aliphatic heterocycles. The summed E-state index contributed by atoms with van der Waals surface area (Å²) < 4.78 is 2.76. The van der Waals surface area contributed by atoms with E-state index in [2.05, 4.69) is 39.1 Å². The van der Waals surface area contributed by atoms with Crippen molar-refractivity contribution in [1.29, 1.82) is 0 Å². The number of hydrogen-bond acceptors (Lipinski definition) is 1. The van der Waals surface area contributed by atoms with E-state index in [1.807, 2.05) is 12.5 Å². The highest BCUT2D eigenvalue weighted by Gasteiger charge is 1.94. The van der Waals surface area contributed by atoms with Crippen molar-refractivity contribution in [2.75, 3.05) is 0 Å². The van der Waals surface area contributed by atoms with E-state index in [0.717, 1.165) is 6.54 Å². The van der Waals surface area contributed by atoms with E-state index < -0.39 is 0 Å². The quantitative estimate of drug-likeness (QED) is 0.564. The summed E-state index contributed by atoms with van der Waals surface area (Å²) >= 11 is 2.39. The Balaban J connectivity index is 2.48. The van der Waals surface area contributed by atoms with Gasteiger partial charge in [-0.25, -0.2) is 4.98 Å². The highest BCUT2D eigenvalue weighted by atomic mass is 127. The number of halogens is 1. The van der Waals surface area contributed by atoms with Gasteiger partial charge in [0.15, 0.2) is 0 Å². The fourth-order valence-corrected chi connectivity index (χ4v) is 1.14. The Morgan fingerprint density at radius 3 is 3.00 bits per heavy atom. The molecule has 1 atom stereocenters. The highest BCUT2D eigenvalue weighted by Crippen LogP contribution is 2.01. The molecule has 2 nitrogen and oxygen atoms in total. The molecule has 1 aromatic heterocycles. The zero-order valence-electron chi connectivity index (χ0n) is 5.29. The molecule has 3 heteroatoms. The van der Waals surface area contributed by atoms with Crippen LogP contribution in [-0.2, 0) is 6.54 Å². The lowest BCUT2D eigenvalue weighted by molar-refractivity contribution is 0.706. The van der Waals surface area contributed by atoms with Crippen molar-refractivity contribution in [3.63, 3.8) is 0 Å². The summed E-state index contributed by atoms with van der Waals surface area (Å²) in [6.07, 6.45) is 5.63. The standard InChI is InChI=1S/C6H9IN2/c1-6(7)4-9-3-2-8-5-9/h2-3,5-6H,4H2,1H3. The van der Waals surface area contributed by atoms with Gasteiger partial charge in [-0.15, -0.1) is 0 Å². The highest BCUT2D eigenvalue weighted by molar-refractivity contribution is 14.1. The van der Waals surface area contributed by atoms with Crippen LogP contribution in [-0.4, -0.2) is 13.5 Å². The molecule has 0 aliphatic rings. The van der Waals surface area contributed by atoms with Crippen LogP contribution in [0.1, 0.15) is 6.92 Å². The van der Waals surface area contributed by atoms with E-state index in [1.54, 1.807) is 6.20 Å². The first-order valence-corrected chi connectivity index (χ1v) is 4.13. The van der Waals surface area contributed by atoms with Crippen LogP contribution >= 0.6 is 22.6 Å². The van der Waals surface area contributed by atoms with E-state index >= 15 is 0 Å². The van der Waals surface area contributed by atoms with Crippen LogP contribution in [0.3, 0.4) is 0 Å². The van der Waals surface area contributed by atoms with Gasteiger partial charge >= 0.3 is 0 Å². The maximum atomic E-state index is 3.93. The summed E-state index contributed by atoms with van der Waals surface area (Å²) in [4.78, 5) is 3.93. The summed E-state index contributed by atoms with van der Waals surface area (Å²) in [6, 6.07) is 0. The first-order chi connectivity index (χ1) is 4.29. The molecular formula is C6H9IN2. The number of rotatable bonds is 2. The maximum absolute atomic E-state index is 3.93. The van der Waals surface area contributed by atoms with Gasteiger partial charge in [-0.1, -0.05) is 29.5 Å². The van der Waals surface area contributed by atoms with Crippen LogP contribution in [0.15, 0.2) is 18.7 Å². The van der Waals surface area contributed by atoms with Gasteiger partial charge in [0.05, 0.1) is 6.33 Å². The smallest absolute Gasteiger partial charge is 0.0946 e. The fourth-order valence-electron chi connectivity index (χ4n) is 0.685. The summed E-state index contributed by atoms with van der Waals surface area (Å²) in [5.74, 6) is 0. The topological polar surface area (TPSA) is 17.8 Å². The molecule has 0 bridgehead atoms. The zero-order valence-corrected chi connectivity index (χ0v) is 7.45. The molecule has 0 fully saturated rings. The van der Waals surface area contributed by atoms with E-state index in [1.165, 1.54) is 0 Å². The van der Waals surface area contributed by atoms with Crippen molar-refractivity contribution < 1.29 is 0 Å². The second kappa shape index (κ2) is 3.20. The van der Waals surface area contributed by atoms with E-state index in [-0.39, 0.29) is 0 Å². The van der Waals surface area contributed by atoms with Crippen LogP contribution in [0.25, 0.3) is 0 Å².